The molecular weight excluding hydrogens is 278 g/mol. The summed E-state index contributed by atoms with van der Waals surface area (Å²) in [7, 11) is 0. The van der Waals surface area contributed by atoms with E-state index in [1.807, 2.05) is 6.92 Å². The zero-order chi connectivity index (χ0) is 14.7. The summed E-state index contributed by atoms with van der Waals surface area (Å²) in [6, 6.07) is 7.99. The molecule has 5 nitrogen and oxygen atoms in total. The van der Waals surface area contributed by atoms with E-state index in [4.69, 9.17) is 17.3 Å². The van der Waals surface area contributed by atoms with E-state index in [0.29, 0.717) is 16.4 Å². The number of halogens is 1. The Bertz CT molecular complexity index is 710. The second kappa shape index (κ2) is 5.79. The highest BCUT2D eigenvalue weighted by Gasteiger charge is 2.07. The van der Waals surface area contributed by atoms with E-state index in [-0.39, 0.29) is 18.0 Å². The van der Waals surface area contributed by atoms with Gasteiger partial charge in [-0.25, -0.2) is 0 Å². The normalized spacial score (nSPS) is 10.3. The third-order valence-corrected chi connectivity index (χ3v) is 3.02. The topological polar surface area (TPSA) is 77.1 Å². The van der Waals surface area contributed by atoms with Crippen LogP contribution in [0.2, 0.25) is 5.02 Å². The number of nitrogen functional groups attached to an aromatic ring is 1. The van der Waals surface area contributed by atoms with Gasteiger partial charge in [-0.15, -0.1) is 0 Å². The average molecular weight is 292 g/mol. The Morgan fingerprint density at radius 1 is 1.35 bits per heavy atom. The average Bonchev–Trinajstić information content (AvgIpc) is 2.37. The molecular formula is C14H14ClN3O2. The summed E-state index contributed by atoms with van der Waals surface area (Å²) in [6.07, 6.45) is 1.44. The predicted molar refractivity (Wildman–Crippen MR) is 79.9 cm³/mol. The second-order valence-corrected chi connectivity index (χ2v) is 4.87. The summed E-state index contributed by atoms with van der Waals surface area (Å²) in [4.78, 5) is 23.5. The van der Waals surface area contributed by atoms with Crippen LogP contribution in [0.5, 0.6) is 0 Å². The second-order valence-electron chi connectivity index (χ2n) is 4.44. The van der Waals surface area contributed by atoms with Crippen molar-refractivity contribution in [3.05, 3.63) is 57.5 Å². The number of carbonyl (C=O) groups is 1. The smallest absolute Gasteiger partial charge is 0.251 e. The Hall–Kier alpha value is -2.27. The Kier molecular flexibility index (Phi) is 4.10. The van der Waals surface area contributed by atoms with Crippen molar-refractivity contribution < 1.29 is 4.79 Å². The summed E-state index contributed by atoms with van der Waals surface area (Å²) < 4.78 is 1.26. The zero-order valence-corrected chi connectivity index (χ0v) is 11.6. The fourth-order valence-electron chi connectivity index (χ4n) is 1.79. The molecule has 1 amide bonds. The number of rotatable bonds is 3. The molecule has 0 saturated carbocycles. The maximum Gasteiger partial charge on any atom is 0.251 e. The van der Waals surface area contributed by atoms with Gasteiger partial charge in [0, 0.05) is 28.7 Å². The monoisotopic (exact) mass is 291 g/mol. The molecule has 0 spiro atoms. The molecule has 0 radical (unpaired) electrons. The van der Waals surface area contributed by atoms with Crippen LogP contribution < -0.4 is 16.6 Å². The number of aromatic nitrogens is 1. The summed E-state index contributed by atoms with van der Waals surface area (Å²) >= 11 is 5.85. The van der Waals surface area contributed by atoms with Crippen molar-refractivity contribution in [1.29, 1.82) is 0 Å². The van der Waals surface area contributed by atoms with Crippen LogP contribution in [0.25, 0.3) is 0 Å². The van der Waals surface area contributed by atoms with E-state index in [0.717, 1.165) is 5.56 Å². The number of nitrogens with one attached hydrogen (secondary N) is 1. The zero-order valence-electron chi connectivity index (χ0n) is 10.9. The lowest BCUT2D eigenvalue weighted by molar-refractivity contribution is -0.116. The number of pyridine rings is 1. The first-order chi connectivity index (χ1) is 9.45. The highest BCUT2D eigenvalue weighted by molar-refractivity contribution is 6.30. The van der Waals surface area contributed by atoms with Crippen LogP contribution in [0.4, 0.5) is 11.4 Å². The van der Waals surface area contributed by atoms with Crippen molar-refractivity contribution in [2.24, 2.45) is 0 Å². The Balaban J connectivity index is 2.13. The molecule has 0 saturated heterocycles. The minimum atomic E-state index is -0.303. The van der Waals surface area contributed by atoms with Gasteiger partial charge < -0.3 is 15.6 Å². The van der Waals surface area contributed by atoms with E-state index >= 15 is 0 Å². The molecule has 0 aliphatic carbocycles. The lowest BCUT2D eigenvalue weighted by atomic mass is 10.2. The van der Waals surface area contributed by atoms with E-state index < -0.39 is 0 Å². The number of anilines is 2. The number of hydrogen-bond acceptors (Lipinski definition) is 3. The van der Waals surface area contributed by atoms with Gasteiger partial charge >= 0.3 is 0 Å². The van der Waals surface area contributed by atoms with Crippen LogP contribution in [0.1, 0.15) is 5.56 Å². The van der Waals surface area contributed by atoms with Crippen molar-refractivity contribution in [2.45, 2.75) is 13.5 Å². The van der Waals surface area contributed by atoms with E-state index in [1.165, 1.54) is 22.9 Å². The van der Waals surface area contributed by atoms with Gasteiger partial charge in [-0.1, -0.05) is 11.6 Å². The lowest BCUT2D eigenvalue weighted by Gasteiger charge is -2.10. The number of amides is 1. The van der Waals surface area contributed by atoms with Crippen LogP contribution in [0.3, 0.4) is 0 Å². The molecule has 0 atom stereocenters. The summed E-state index contributed by atoms with van der Waals surface area (Å²) in [5.74, 6) is -0.303. The van der Waals surface area contributed by atoms with Gasteiger partial charge in [0.1, 0.15) is 6.54 Å². The van der Waals surface area contributed by atoms with Gasteiger partial charge in [0.05, 0.1) is 0 Å². The van der Waals surface area contributed by atoms with Crippen LogP contribution in [-0.2, 0) is 11.3 Å². The van der Waals surface area contributed by atoms with Crippen molar-refractivity contribution >= 4 is 28.9 Å². The quantitative estimate of drug-likeness (QED) is 0.908. The van der Waals surface area contributed by atoms with Gasteiger partial charge in [0.15, 0.2) is 0 Å². The van der Waals surface area contributed by atoms with Gasteiger partial charge in [-0.2, -0.15) is 0 Å². The Morgan fingerprint density at radius 3 is 2.80 bits per heavy atom. The maximum atomic E-state index is 11.9. The van der Waals surface area contributed by atoms with E-state index in [9.17, 15) is 9.59 Å². The summed E-state index contributed by atoms with van der Waals surface area (Å²) in [6.45, 7) is 1.75. The Labute approximate surface area is 121 Å². The number of nitrogens with two attached hydrogens (primary N) is 1. The summed E-state index contributed by atoms with van der Waals surface area (Å²) in [5, 5.41) is 3.34. The van der Waals surface area contributed by atoms with Crippen LogP contribution in [-0.4, -0.2) is 10.5 Å². The number of hydrogen-bond donors (Lipinski definition) is 2. The molecule has 3 N–H and O–H groups in total. The molecule has 2 rings (SSSR count). The first-order valence-corrected chi connectivity index (χ1v) is 6.35. The SMILES string of the molecule is Cc1cc(Cl)ccc1NC(=O)Cn1cc(N)ccc1=O. The van der Waals surface area contributed by atoms with Crippen molar-refractivity contribution in [2.75, 3.05) is 11.1 Å². The largest absolute Gasteiger partial charge is 0.398 e. The maximum absolute atomic E-state index is 11.9. The third kappa shape index (κ3) is 3.39. The van der Waals surface area contributed by atoms with Crippen LogP contribution in [0, 0.1) is 6.92 Å². The van der Waals surface area contributed by atoms with E-state index in [2.05, 4.69) is 5.32 Å². The fraction of sp³-hybridized carbons (Fsp3) is 0.143. The van der Waals surface area contributed by atoms with Crippen molar-refractivity contribution in [3.8, 4) is 0 Å². The number of carbonyl (C=O) groups excluding carboxylic acids is 1. The van der Waals surface area contributed by atoms with Gasteiger partial charge in [-0.3, -0.25) is 9.59 Å². The molecule has 0 aliphatic heterocycles. The van der Waals surface area contributed by atoms with Crippen LogP contribution >= 0.6 is 11.6 Å². The Morgan fingerprint density at radius 2 is 2.10 bits per heavy atom. The molecule has 0 aliphatic rings. The lowest BCUT2D eigenvalue weighted by Crippen LogP contribution is -2.27. The van der Waals surface area contributed by atoms with Crippen molar-refractivity contribution in [3.63, 3.8) is 0 Å². The predicted octanol–water partition coefficient (Wildman–Crippen LogP) is 2.03. The number of aryl methyl sites for hydroxylation is 1. The highest BCUT2D eigenvalue weighted by Crippen LogP contribution is 2.19. The molecule has 1 aromatic heterocycles. The molecule has 1 aromatic carbocycles. The van der Waals surface area contributed by atoms with E-state index in [1.54, 1.807) is 18.2 Å². The fourth-order valence-corrected chi connectivity index (χ4v) is 2.01. The van der Waals surface area contributed by atoms with Gasteiger partial charge in [-0.05, 0) is 36.8 Å². The molecule has 0 bridgehead atoms. The first kappa shape index (κ1) is 14.1. The molecule has 0 unspecified atom stereocenters. The van der Waals surface area contributed by atoms with Crippen molar-refractivity contribution in [1.82, 2.24) is 4.57 Å². The molecule has 2 aromatic rings. The number of nitrogens with zero attached hydrogens (tertiary/aromatic N) is 1. The molecule has 6 heteroatoms. The van der Waals surface area contributed by atoms with Gasteiger partial charge in [0.2, 0.25) is 5.91 Å². The van der Waals surface area contributed by atoms with Gasteiger partial charge in [0.25, 0.3) is 5.56 Å². The standard InChI is InChI=1S/C14H14ClN3O2/c1-9-6-10(15)2-4-12(9)17-13(19)8-18-7-11(16)3-5-14(18)20/h2-7H,8,16H2,1H3,(H,17,19). The number of benzene rings is 1. The summed E-state index contributed by atoms with van der Waals surface area (Å²) in [5.41, 5.74) is 7.26. The molecule has 0 fully saturated rings. The van der Waals surface area contributed by atoms with Crippen LogP contribution in [0.15, 0.2) is 41.3 Å². The highest BCUT2D eigenvalue weighted by atomic mass is 35.5. The molecule has 104 valence electrons. The third-order valence-electron chi connectivity index (χ3n) is 2.78. The molecule has 1 heterocycles. The minimum Gasteiger partial charge on any atom is -0.398 e. The molecule has 20 heavy (non-hydrogen) atoms. The minimum absolute atomic E-state index is 0.0913. The first-order valence-electron chi connectivity index (χ1n) is 5.97.